The van der Waals surface area contributed by atoms with Crippen LogP contribution in [0.4, 0.5) is 5.82 Å². The van der Waals surface area contributed by atoms with E-state index in [1.165, 1.54) is 0 Å². The van der Waals surface area contributed by atoms with Crippen molar-refractivity contribution in [2.75, 3.05) is 12.4 Å². The standard InChI is InChI=1S/C9H9IN4S/c1-5-7(10)9(11-2)14-8(13-5)6-3-12-4-15-6/h3-4H,1-2H3,(H,11,13,14). The van der Waals surface area contributed by atoms with Gasteiger partial charge in [-0.15, -0.1) is 11.3 Å². The first-order valence-electron chi connectivity index (χ1n) is 4.33. The predicted molar refractivity (Wildman–Crippen MR) is 70.1 cm³/mol. The minimum atomic E-state index is 0.736. The summed E-state index contributed by atoms with van der Waals surface area (Å²) in [6.07, 6.45) is 1.78. The van der Waals surface area contributed by atoms with Crippen molar-refractivity contribution in [3.05, 3.63) is 21.0 Å². The van der Waals surface area contributed by atoms with Crippen LogP contribution in [0.3, 0.4) is 0 Å². The fourth-order valence-corrected chi connectivity index (χ4v) is 2.23. The molecule has 0 aliphatic rings. The average molecular weight is 332 g/mol. The number of anilines is 1. The zero-order valence-corrected chi connectivity index (χ0v) is 11.3. The van der Waals surface area contributed by atoms with Crippen LogP contribution in [0.15, 0.2) is 11.7 Å². The third-order valence-corrected chi connectivity index (χ3v) is 3.97. The van der Waals surface area contributed by atoms with E-state index in [9.17, 15) is 0 Å². The SMILES string of the molecule is CNc1nc(-c2cncs2)nc(C)c1I. The molecule has 0 unspecified atom stereocenters. The first-order valence-corrected chi connectivity index (χ1v) is 6.29. The first kappa shape index (κ1) is 10.7. The summed E-state index contributed by atoms with van der Waals surface area (Å²) in [6, 6.07) is 0. The number of nitrogens with zero attached hydrogens (tertiary/aromatic N) is 3. The van der Waals surface area contributed by atoms with E-state index in [0.717, 1.165) is 25.8 Å². The molecular weight excluding hydrogens is 323 g/mol. The first-order chi connectivity index (χ1) is 7.22. The van der Waals surface area contributed by atoms with E-state index in [2.05, 4.69) is 42.9 Å². The van der Waals surface area contributed by atoms with Gasteiger partial charge in [-0.1, -0.05) is 0 Å². The van der Waals surface area contributed by atoms with Crippen molar-refractivity contribution in [1.29, 1.82) is 0 Å². The number of nitrogens with one attached hydrogen (secondary N) is 1. The van der Waals surface area contributed by atoms with Gasteiger partial charge in [-0.05, 0) is 29.5 Å². The summed E-state index contributed by atoms with van der Waals surface area (Å²) in [5.41, 5.74) is 2.77. The Labute approximate surface area is 105 Å². The highest BCUT2D eigenvalue weighted by atomic mass is 127. The van der Waals surface area contributed by atoms with Crippen molar-refractivity contribution in [1.82, 2.24) is 15.0 Å². The molecule has 0 aromatic carbocycles. The van der Waals surface area contributed by atoms with Crippen molar-refractivity contribution in [2.24, 2.45) is 0 Å². The van der Waals surface area contributed by atoms with Gasteiger partial charge in [-0.3, -0.25) is 4.98 Å². The van der Waals surface area contributed by atoms with Gasteiger partial charge in [0.15, 0.2) is 5.82 Å². The molecule has 0 atom stereocenters. The van der Waals surface area contributed by atoms with Crippen LogP contribution in [0.1, 0.15) is 5.69 Å². The lowest BCUT2D eigenvalue weighted by Crippen LogP contribution is -2.02. The molecule has 0 saturated heterocycles. The molecule has 0 saturated carbocycles. The second-order valence-electron chi connectivity index (χ2n) is 2.91. The Balaban J connectivity index is 2.55. The Morgan fingerprint density at radius 3 is 2.80 bits per heavy atom. The maximum atomic E-state index is 4.44. The third-order valence-electron chi connectivity index (χ3n) is 1.91. The van der Waals surface area contributed by atoms with E-state index in [1.54, 1.807) is 23.0 Å². The zero-order chi connectivity index (χ0) is 10.8. The maximum Gasteiger partial charge on any atom is 0.173 e. The Morgan fingerprint density at radius 2 is 2.20 bits per heavy atom. The van der Waals surface area contributed by atoms with Crippen LogP contribution in [0.2, 0.25) is 0 Å². The molecule has 2 rings (SSSR count). The van der Waals surface area contributed by atoms with Crippen LogP contribution in [0.5, 0.6) is 0 Å². The fraction of sp³-hybridized carbons (Fsp3) is 0.222. The van der Waals surface area contributed by atoms with E-state index < -0.39 is 0 Å². The van der Waals surface area contributed by atoms with Crippen molar-refractivity contribution >= 4 is 39.7 Å². The highest BCUT2D eigenvalue weighted by Gasteiger charge is 2.10. The van der Waals surface area contributed by atoms with Crippen LogP contribution in [0.25, 0.3) is 10.7 Å². The molecular formula is C9H9IN4S. The molecule has 78 valence electrons. The van der Waals surface area contributed by atoms with E-state index in [0.29, 0.717) is 0 Å². The van der Waals surface area contributed by atoms with Gasteiger partial charge < -0.3 is 5.32 Å². The molecule has 0 aliphatic heterocycles. The lowest BCUT2D eigenvalue weighted by molar-refractivity contribution is 1.09. The van der Waals surface area contributed by atoms with E-state index in [4.69, 9.17) is 0 Å². The van der Waals surface area contributed by atoms with Crippen LogP contribution < -0.4 is 5.32 Å². The number of hydrogen-bond donors (Lipinski definition) is 1. The highest BCUT2D eigenvalue weighted by molar-refractivity contribution is 14.1. The van der Waals surface area contributed by atoms with Crippen molar-refractivity contribution in [2.45, 2.75) is 6.92 Å². The second kappa shape index (κ2) is 4.40. The molecule has 0 radical (unpaired) electrons. The van der Waals surface area contributed by atoms with Crippen LogP contribution >= 0.6 is 33.9 Å². The minimum Gasteiger partial charge on any atom is -0.372 e. The summed E-state index contributed by atoms with van der Waals surface area (Å²) in [5, 5.41) is 3.06. The molecule has 4 nitrogen and oxygen atoms in total. The summed E-state index contributed by atoms with van der Waals surface area (Å²) < 4.78 is 1.06. The molecule has 0 amide bonds. The van der Waals surface area contributed by atoms with Crippen molar-refractivity contribution in [3.63, 3.8) is 0 Å². The number of hydrogen-bond acceptors (Lipinski definition) is 5. The number of rotatable bonds is 2. The second-order valence-corrected chi connectivity index (χ2v) is 4.88. The molecule has 0 fully saturated rings. The van der Waals surface area contributed by atoms with Crippen molar-refractivity contribution < 1.29 is 0 Å². The van der Waals surface area contributed by atoms with Gasteiger partial charge in [-0.2, -0.15) is 0 Å². The quantitative estimate of drug-likeness (QED) is 0.859. The van der Waals surface area contributed by atoms with Gasteiger partial charge >= 0.3 is 0 Å². The van der Waals surface area contributed by atoms with Gasteiger partial charge in [0.1, 0.15) is 5.82 Å². The maximum absolute atomic E-state index is 4.44. The smallest absolute Gasteiger partial charge is 0.173 e. The summed E-state index contributed by atoms with van der Waals surface area (Å²) >= 11 is 3.78. The highest BCUT2D eigenvalue weighted by Crippen LogP contribution is 2.25. The molecule has 0 aliphatic carbocycles. The molecule has 2 heterocycles. The van der Waals surface area contributed by atoms with E-state index >= 15 is 0 Å². The van der Waals surface area contributed by atoms with E-state index in [1.807, 2.05) is 14.0 Å². The van der Waals surface area contributed by atoms with Crippen LogP contribution in [0, 0.1) is 10.5 Å². The molecule has 2 aromatic rings. The van der Waals surface area contributed by atoms with Crippen LogP contribution in [-0.2, 0) is 0 Å². The van der Waals surface area contributed by atoms with Gasteiger partial charge in [-0.25, -0.2) is 9.97 Å². The van der Waals surface area contributed by atoms with Gasteiger partial charge in [0.05, 0.1) is 19.7 Å². The van der Waals surface area contributed by atoms with Gasteiger partial charge in [0, 0.05) is 13.2 Å². The molecule has 1 N–H and O–H groups in total. The molecule has 0 bridgehead atoms. The summed E-state index contributed by atoms with van der Waals surface area (Å²) in [5.74, 6) is 1.60. The average Bonchev–Trinajstić information content (AvgIpc) is 2.75. The predicted octanol–water partition coefficient (Wildman–Crippen LogP) is 2.55. The van der Waals surface area contributed by atoms with Crippen molar-refractivity contribution in [3.8, 4) is 10.7 Å². The van der Waals surface area contributed by atoms with Crippen LogP contribution in [-0.4, -0.2) is 22.0 Å². The number of aryl methyl sites for hydroxylation is 1. The van der Waals surface area contributed by atoms with E-state index in [-0.39, 0.29) is 0 Å². The Hall–Kier alpha value is -0.760. The Bertz CT molecular complexity index is 469. The monoisotopic (exact) mass is 332 g/mol. The number of thiazole rings is 1. The normalized spacial score (nSPS) is 10.3. The topological polar surface area (TPSA) is 50.7 Å². The number of aromatic nitrogens is 3. The number of halogens is 1. The van der Waals surface area contributed by atoms with Gasteiger partial charge in [0.25, 0.3) is 0 Å². The lowest BCUT2D eigenvalue weighted by atomic mass is 10.4. The Morgan fingerprint density at radius 1 is 1.40 bits per heavy atom. The zero-order valence-electron chi connectivity index (χ0n) is 8.28. The minimum absolute atomic E-state index is 0.736. The third kappa shape index (κ3) is 2.10. The molecule has 6 heteroatoms. The summed E-state index contributed by atoms with van der Waals surface area (Å²) in [7, 11) is 1.86. The molecule has 0 spiro atoms. The molecule has 15 heavy (non-hydrogen) atoms. The summed E-state index contributed by atoms with van der Waals surface area (Å²) in [6.45, 7) is 1.98. The molecule has 2 aromatic heterocycles. The largest absolute Gasteiger partial charge is 0.372 e. The Kier molecular flexibility index (Phi) is 3.15. The lowest BCUT2D eigenvalue weighted by Gasteiger charge is -2.06. The van der Waals surface area contributed by atoms with Gasteiger partial charge in [0.2, 0.25) is 0 Å². The fourth-order valence-electron chi connectivity index (χ4n) is 1.16. The summed E-state index contributed by atoms with van der Waals surface area (Å²) in [4.78, 5) is 13.9.